The highest BCUT2D eigenvalue weighted by molar-refractivity contribution is 8.00. The normalized spacial score (nSPS) is 20.6. The molecule has 3 atom stereocenters. The van der Waals surface area contributed by atoms with Crippen LogP contribution in [-0.2, 0) is 14.3 Å². The number of carbonyl (C=O) groups excluding carboxylic acids is 3. The number of rotatable bonds is 14. The summed E-state index contributed by atoms with van der Waals surface area (Å²) in [5.41, 5.74) is 10.6. The first-order valence-electron chi connectivity index (χ1n) is 12.1. The number of allylic oxidation sites excluding steroid dienone is 1. The van der Waals surface area contributed by atoms with Crippen LogP contribution in [0.5, 0.6) is 0 Å². The van der Waals surface area contributed by atoms with Gasteiger partial charge < -0.3 is 26.0 Å². The molecule has 0 saturated carbocycles. The van der Waals surface area contributed by atoms with Crippen LogP contribution in [0.4, 0.5) is 10.5 Å². The van der Waals surface area contributed by atoms with Crippen molar-refractivity contribution in [3.8, 4) is 0 Å². The molecule has 2 aliphatic heterocycles. The van der Waals surface area contributed by atoms with Crippen molar-refractivity contribution in [2.24, 2.45) is 5.11 Å². The number of unbranched alkanes of at least 4 members (excludes halogenated alkanes) is 1. The van der Waals surface area contributed by atoms with E-state index in [1.54, 1.807) is 24.3 Å². The van der Waals surface area contributed by atoms with Crippen molar-refractivity contribution in [1.82, 2.24) is 21.3 Å². The van der Waals surface area contributed by atoms with E-state index in [0.717, 1.165) is 36.2 Å². The van der Waals surface area contributed by atoms with E-state index in [0.29, 0.717) is 43.7 Å². The third kappa shape index (κ3) is 8.78. The van der Waals surface area contributed by atoms with Crippen LogP contribution in [0.25, 0.3) is 16.0 Å². The summed E-state index contributed by atoms with van der Waals surface area (Å²) in [4.78, 5) is 38.2. The lowest BCUT2D eigenvalue weighted by atomic mass is 10.0. The molecule has 0 aromatic heterocycles. The topological polar surface area (TPSA) is 157 Å². The number of amides is 4. The number of nitrogens with zero attached hydrogens (tertiary/aromatic N) is 3. The molecule has 2 saturated heterocycles. The van der Waals surface area contributed by atoms with Gasteiger partial charge in [0.2, 0.25) is 11.8 Å². The van der Waals surface area contributed by atoms with Gasteiger partial charge >= 0.3 is 6.03 Å². The standard InChI is InChI=1S/C24H33N7O4S/c1-16(17-6-8-18(9-7-17)30-31-25)14-22(33)27-11-13-35-12-10-26-21(32)5-3-2-4-20-23-19(15-36-20)28-24(34)29-23/h6-9,14,19-20,23H,2-5,10-13,15H2,1H3,(H,26,32)(H,27,33)(H2,28,29,34)/b16-14+/t19-,20-,23-/m0/s1. The summed E-state index contributed by atoms with van der Waals surface area (Å²) in [6.45, 7) is 3.35. The summed E-state index contributed by atoms with van der Waals surface area (Å²) < 4.78 is 5.47. The van der Waals surface area contributed by atoms with E-state index >= 15 is 0 Å². The fraction of sp³-hybridized carbons (Fsp3) is 0.542. The van der Waals surface area contributed by atoms with E-state index in [9.17, 15) is 14.4 Å². The maximum absolute atomic E-state index is 12.1. The second-order valence-electron chi connectivity index (χ2n) is 8.68. The van der Waals surface area contributed by atoms with Crippen molar-refractivity contribution in [3.05, 3.63) is 46.3 Å². The summed E-state index contributed by atoms with van der Waals surface area (Å²) in [6.07, 6.45) is 4.75. The minimum absolute atomic E-state index is 0.00719. The molecule has 4 N–H and O–H groups in total. The Kier molecular flexibility index (Phi) is 10.9. The highest BCUT2D eigenvalue weighted by Crippen LogP contribution is 2.33. The summed E-state index contributed by atoms with van der Waals surface area (Å²) in [7, 11) is 0. The molecule has 0 radical (unpaired) electrons. The fourth-order valence-corrected chi connectivity index (χ4v) is 5.69. The van der Waals surface area contributed by atoms with E-state index in [4.69, 9.17) is 10.3 Å². The molecule has 4 amide bonds. The highest BCUT2D eigenvalue weighted by atomic mass is 32.2. The number of nitrogens with one attached hydrogen (secondary N) is 4. The molecule has 2 aliphatic rings. The van der Waals surface area contributed by atoms with E-state index < -0.39 is 0 Å². The van der Waals surface area contributed by atoms with Gasteiger partial charge in [-0.1, -0.05) is 35.8 Å². The Morgan fingerprint density at radius 3 is 2.69 bits per heavy atom. The SMILES string of the molecule is C/C(=C\C(=O)NCCOCCNC(=O)CCCC[C@@H]1SC[C@@H]2NC(=O)N[C@@H]21)c1ccc(N=[N+]=[N-])cc1. The molecule has 1 aromatic carbocycles. The summed E-state index contributed by atoms with van der Waals surface area (Å²) in [5.74, 6) is 0.735. The number of carbonyl (C=O) groups is 3. The minimum Gasteiger partial charge on any atom is -0.378 e. The number of benzene rings is 1. The summed E-state index contributed by atoms with van der Waals surface area (Å²) >= 11 is 1.89. The van der Waals surface area contributed by atoms with Gasteiger partial charge in [0.25, 0.3) is 0 Å². The maximum Gasteiger partial charge on any atom is 0.315 e. The van der Waals surface area contributed by atoms with Crippen molar-refractivity contribution >= 4 is 40.9 Å². The Labute approximate surface area is 214 Å². The minimum atomic E-state index is -0.221. The zero-order chi connectivity index (χ0) is 25.8. The third-order valence-corrected chi connectivity index (χ3v) is 7.53. The molecular formula is C24H33N7O4S. The number of azide groups is 1. The first kappa shape index (κ1) is 27.4. The van der Waals surface area contributed by atoms with Crippen LogP contribution in [0.15, 0.2) is 35.5 Å². The van der Waals surface area contributed by atoms with E-state index in [2.05, 4.69) is 31.3 Å². The van der Waals surface area contributed by atoms with Gasteiger partial charge in [0.05, 0.1) is 25.3 Å². The number of thioether (sulfide) groups is 1. The molecule has 0 bridgehead atoms. The quantitative estimate of drug-likeness (QED) is 0.0748. The Hall–Kier alpha value is -3.21. The molecule has 11 nitrogen and oxygen atoms in total. The predicted octanol–water partition coefficient (Wildman–Crippen LogP) is 3.01. The molecule has 2 fully saturated rings. The first-order chi connectivity index (χ1) is 17.5. The lowest BCUT2D eigenvalue weighted by Crippen LogP contribution is -2.36. The van der Waals surface area contributed by atoms with Gasteiger partial charge in [0, 0.05) is 47.2 Å². The van der Waals surface area contributed by atoms with Gasteiger partial charge in [-0.2, -0.15) is 11.8 Å². The monoisotopic (exact) mass is 515 g/mol. The van der Waals surface area contributed by atoms with Gasteiger partial charge in [-0.3, -0.25) is 9.59 Å². The Morgan fingerprint density at radius 1 is 1.19 bits per heavy atom. The Morgan fingerprint density at radius 2 is 1.94 bits per heavy atom. The average Bonchev–Trinajstić information content (AvgIpc) is 3.41. The molecule has 0 aliphatic carbocycles. The molecular weight excluding hydrogens is 482 g/mol. The highest BCUT2D eigenvalue weighted by Gasteiger charge is 2.42. The zero-order valence-corrected chi connectivity index (χ0v) is 21.2. The van der Waals surface area contributed by atoms with Crippen molar-refractivity contribution in [1.29, 1.82) is 0 Å². The van der Waals surface area contributed by atoms with Crippen LogP contribution in [0.3, 0.4) is 0 Å². The Balaban J connectivity index is 1.17. The van der Waals surface area contributed by atoms with E-state index in [-0.39, 0.29) is 29.9 Å². The lowest BCUT2D eigenvalue weighted by Gasteiger charge is -2.16. The second-order valence-corrected chi connectivity index (χ2v) is 9.96. The Bertz CT molecular complexity index is 995. The molecule has 12 heteroatoms. The second kappa shape index (κ2) is 14.4. The average molecular weight is 516 g/mol. The van der Waals surface area contributed by atoms with Gasteiger partial charge in [0.15, 0.2) is 0 Å². The third-order valence-electron chi connectivity index (χ3n) is 6.03. The number of ether oxygens (including phenoxy) is 1. The summed E-state index contributed by atoms with van der Waals surface area (Å²) in [6, 6.07) is 7.34. The zero-order valence-electron chi connectivity index (χ0n) is 20.4. The van der Waals surface area contributed by atoms with Gasteiger partial charge in [-0.15, -0.1) is 0 Å². The van der Waals surface area contributed by atoms with E-state index in [1.807, 2.05) is 18.7 Å². The summed E-state index contributed by atoms with van der Waals surface area (Å²) in [5, 5.41) is 15.5. The molecule has 3 rings (SSSR count). The van der Waals surface area contributed by atoms with Crippen LogP contribution in [-0.4, -0.2) is 67.2 Å². The number of hydrogen-bond acceptors (Lipinski definition) is 6. The van der Waals surface area contributed by atoms with Crippen molar-refractivity contribution < 1.29 is 19.1 Å². The van der Waals surface area contributed by atoms with Crippen molar-refractivity contribution in [2.75, 3.05) is 32.1 Å². The molecule has 0 unspecified atom stereocenters. The number of hydrogen-bond donors (Lipinski definition) is 4. The maximum atomic E-state index is 12.1. The van der Waals surface area contributed by atoms with Crippen LogP contribution >= 0.6 is 11.8 Å². The van der Waals surface area contributed by atoms with Crippen molar-refractivity contribution in [2.45, 2.75) is 49.9 Å². The first-order valence-corrected chi connectivity index (χ1v) is 13.2. The van der Waals surface area contributed by atoms with Crippen LogP contribution < -0.4 is 21.3 Å². The molecule has 1 aromatic rings. The fourth-order valence-electron chi connectivity index (χ4n) is 4.15. The van der Waals surface area contributed by atoms with E-state index in [1.165, 1.54) is 6.08 Å². The van der Waals surface area contributed by atoms with Crippen LogP contribution in [0.2, 0.25) is 0 Å². The number of urea groups is 1. The molecule has 194 valence electrons. The van der Waals surface area contributed by atoms with Crippen LogP contribution in [0, 0.1) is 0 Å². The van der Waals surface area contributed by atoms with Crippen LogP contribution in [0.1, 0.15) is 38.2 Å². The van der Waals surface area contributed by atoms with Gasteiger partial charge in [-0.05, 0) is 36.4 Å². The van der Waals surface area contributed by atoms with Gasteiger partial charge in [-0.25, -0.2) is 4.79 Å². The smallest absolute Gasteiger partial charge is 0.315 e. The largest absolute Gasteiger partial charge is 0.378 e. The molecule has 2 heterocycles. The van der Waals surface area contributed by atoms with Crippen molar-refractivity contribution in [3.63, 3.8) is 0 Å². The number of fused-ring (bicyclic) bond motifs is 1. The molecule has 36 heavy (non-hydrogen) atoms. The lowest BCUT2D eigenvalue weighted by molar-refractivity contribution is -0.121. The molecule has 0 spiro atoms. The predicted molar refractivity (Wildman–Crippen MR) is 140 cm³/mol. The van der Waals surface area contributed by atoms with Gasteiger partial charge in [0.1, 0.15) is 0 Å².